The van der Waals surface area contributed by atoms with E-state index in [-0.39, 0.29) is 18.1 Å². The van der Waals surface area contributed by atoms with E-state index in [4.69, 9.17) is 4.74 Å². The average Bonchev–Trinajstić information content (AvgIpc) is 2.48. The van der Waals surface area contributed by atoms with Crippen LogP contribution in [0.1, 0.15) is 25.7 Å². The molecule has 2 N–H and O–H groups in total. The summed E-state index contributed by atoms with van der Waals surface area (Å²) in [5.74, 6) is -0.0344. The van der Waals surface area contributed by atoms with Gasteiger partial charge in [-0.3, -0.25) is 4.79 Å². The highest BCUT2D eigenvalue weighted by Crippen LogP contribution is 2.18. The van der Waals surface area contributed by atoms with Crippen molar-refractivity contribution in [2.24, 2.45) is 0 Å². The van der Waals surface area contributed by atoms with E-state index in [2.05, 4.69) is 5.32 Å². The molecule has 4 nitrogen and oxygen atoms in total. The molecule has 0 spiro atoms. The van der Waals surface area contributed by atoms with E-state index in [1.807, 2.05) is 0 Å². The van der Waals surface area contributed by atoms with Gasteiger partial charge in [0, 0.05) is 13.5 Å². The van der Waals surface area contributed by atoms with E-state index in [1.54, 1.807) is 7.11 Å². The number of hydrogen-bond donors (Lipinski definition) is 2. The van der Waals surface area contributed by atoms with Crippen LogP contribution in [0, 0.1) is 0 Å². The third-order valence-corrected chi connectivity index (χ3v) is 2.36. The number of nitrogens with one attached hydrogen (secondary N) is 1. The Morgan fingerprint density at radius 2 is 2.38 bits per heavy atom. The lowest BCUT2D eigenvalue weighted by atomic mass is 10.2. The second kappa shape index (κ2) is 5.19. The fourth-order valence-electron chi connectivity index (χ4n) is 1.58. The minimum Gasteiger partial charge on any atom is -0.391 e. The Hall–Kier alpha value is -0.610. The van der Waals surface area contributed by atoms with Gasteiger partial charge in [-0.25, -0.2) is 0 Å². The number of ether oxygens (including phenoxy) is 1. The van der Waals surface area contributed by atoms with Gasteiger partial charge in [0.25, 0.3) is 0 Å². The molecule has 1 rings (SSSR count). The predicted octanol–water partition coefficient (Wildman–Crippen LogP) is 0.0525. The quantitative estimate of drug-likeness (QED) is 0.654. The number of rotatable bonds is 4. The van der Waals surface area contributed by atoms with Crippen molar-refractivity contribution in [3.63, 3.8) is 0 Å². The molecule has 0 aliphatic heterocycles. The van der Waals surface area contributed by atoms with Crippen molar-refractivity contribution in [3.05, 3.63) is 0 Å². The molecule has 1 aliphatic rings. The lowest BCUT2D eigenvalue weighted by Gasteiger charge is -2.15. The van der Waals surface area contributed by atoms with Gasteiger partial charge in [0.15, 0.2) is 0 Å². The fraction of sp³-hybridized carbons (Fsp3) is 0.889. The third-order valence-electron chi connectivity index (χ3n) is 2.36. The first kappa shape index (κ1) is 10.5. The maximum atomic E-state index is 11.2. The van der Waals surface area contributed by atoms with Gasteiger partial charge in [0.2, 0.25) is 5.91 Å². The number of aliphatic hydroxyl groups is 1. The summed E-state index contributed by atoms with van der Waals surface area (Å²) >= 11 is 0. The van der Waals surface area contributed by atoms with E-state index in [0.29, 0.717) is 13.0 Å². The van der Waals surface area contributed by atoms with Crippen LogP contribution < -0.4 is 5.32 Å². The van der Waals surface area contributed by atoms with Gasteiger partial charge in [0.1, 0.15) is 0 Å². The van der Waals surface area contributed by atoms with Gasteiger partial charge in [-0.05, 0) is 19.3 Å². The molecule has 2 atom stereocenters. The molecule has 4 heteroatoms. The maximum Gasteiger partial charge on any atom is 0.222 e. The Morgan fingerprint density at radius 3 is 2.92 bits per heavy atom. The Kier molecular flexibility index (Phi) is 4.18. The van der Waals surface area contributed by atoms with Gasteiger partial charge in [-0.15, -0.1) is 0 Å². The Balaban J connectivity index is 2.19. The van der Waals surface area contributed by atoms with Crippen LogP contribution in [0.25, 0.3) is 0 Å². The van der Waals surface area contributed by atoms with Gasteiger partial charge in [-0.2, -0.15) is 0 Å². The van der Waals surface area contributed by atoms with Crippen LogP contribution in [0.2, 0.25) is 0 Å². The van der Waals surface area contributed by atoms with Crippen molar-refractivity contribution in [2.75, 3.05) is 13.7 Å². The maximum absolute atomic E-state index is 11.2. The van der Waals surface area contributed by atoms with Crippen molar-refractivity contribution < 1.29 is 14.6 Å². The number of methoxy groups -OCH3 is 1. The molecular weight excluding hydrogens is 170 g/mol. The van der Waals surface area contributed by atoms with E-state index < -0.39 is 0 Å². The van der Waals surface area contributed by atoms with Crippen molar-refractivity contribution in [2.45, 2.75) is 37.8 Å². The standard InChI is InChI=1S/C9H17NO3/c1-13-6-5-9(12)10-7-3-2-4-8(7)11/h7-8,11H,2-6H2,1H3,(H,10,12). The van der Waals surface area contributed by atoms with Crippen molar-refractivity contribution >= 4 is 5.91 Å². The molecule has 13 heavy (non-hydrogen) atoms. The molecule has 2 unspecified atom stereocenters. The highest BCUT2D eigenvalue weighted by atomic mass is 16.5. The second-order valence-electron chi connectivity index (χ2n) is 3.42. The zero-order valence-electron chi connectivity index (χ0n) is 7.95. The predicted molar refractivity (Wildman–Crippen MR) is 48.3 cm³/mol. The summed E-state index contributed by atoms with van der Waals surface area (Å²) in [7, 11) is 1.57. The first-order chi connectivity index (χ1) is 6.24. The molecular formula is C9H17NO3. The largest absolute Gasteiger partial charge is 0.391 e. The van der Waals surface area contributed by atoms with E-state index in [1.165, 1.54) is 0 Å². The Labute approximate surface area is 78.3 Å². The van der Waals surface area contributed by atoms with Crippen LogP contribution in [-0.2, 0) is 9.53 Å². The van der Waals surface area contributed by atoms with Crippen LogP contribution in [0.3, 0.4) is 0 Å². The summed E-state index contributed by atoms with van der Waals surface area (Å²) in [6.45, 7) is 0.439. The van der Waals surface area contributed by atoms with E-state index >= 15 is 0 Å². The number of carbonyl (C=O) groups excluding carboxylic acids is 1. The van der Waals surface area contributed by atoms with Crippen LogP contribution in [0.4, 0.5) is 0 Å². The van der Waals surface area contributed by atoms with Crippen molar-refractivity contribution in [1.29, 1.82) is 0 Å². The number of hydrogen-bond acceptors (Lipinski definition) is 3. The molecule has 1 fully saturated rings. The SMILES string of the molecule is COCCC(=O)NC1CCCC1O. The zero-order chi connectivity index (χ0) is 9.68. The summed E-state index contributed by atoms with van der Waals surface area (Å²) in [6.07, 6.45) is 2.71. The van der Waals surface area contributed by atoms with Gasteiger partial charge in [-0.1, -0.05) is 0 Å². The number of carbonyl (C=O) groups is 1. The topological polar surface area (TPSA) is 58.6 Å². The summed E-state index contributed by atoms with van der Waals surface area (Å²) in [4.78, 5) is 11.2. The normalized spacial score (nSPS) is 27.5. The molecule has 0 bridgehead atoms. The summed E-state index contributed by atoms with van der Waals surface area (Å²) in [5, 5.41) is 12.2. The van der Waals surface area contributed by atoms with E-state index in [0.717, 1.165) is 19.3 Å². The van der Waals surface area contributed by atoms with Crippen LogP contribution in [-0.4, -0.2) is 36.9 Å². The summed E-state index contributed by atoms with van der Waals surface area (Å²) in [6, 6.07) is -0.0376. The molecule has 0 aromatic heterocycles. The minimum atomic E-state index is -0.355. The molecule has 1 aliphatic carbocycles. The Morgan fingerprint density at radius 1 is 1.62 bits per heavy atom. The number of aliphatic hydroxyl groups excluding tert-OH is 1. The second-order valence-corrected chi connectivity index (χ2v) is 3.42. The summed E-state index contributed by atoms with van der Waals surface area (Å²) in [5.41, 5.74) is 0. The number of amides is 1. The Bertz CT molecular complexity index is 172. The van der Waals surface area contributed by atoms with Crippen molar-refractivity contribution in [1.82, 2.24) is 5.32 Å². The van der Waals surface area contributed by atoms with Gasteiger partial charge >= 0.3 is 0 Å². The highest BCUT2D eigenvalue weighted by molar-refractivity contribution is 5.76. The summed E-state index contributed by atoms with van der Waals surface area (Å²) < 4.78 is 4.78. The van der Waals surface area contributed by atoms with Crippen LogP contribution >= 0.6 is 0 Å². The van der Waals surface area contributed by atoms with Gasteiger partial charge in [0.05, 0.1) is 18.8 Å². The average molecular weight is 187 g/mol. The molecule has 0 radical (unpaired) electrons. The first-order valence-corrected chi connectivity index (χ1v) is 4.70. The van der Waals surface area contributed by atoms with E-state index in [9.17, 15) is 9.90 Å². The smallest absolute Gasteiger partial charge is 0.222 e. The van der Waals surface area contributed by atoms with Crippen LogP contribution in [0.15, 0.2) is 0 Å². The fourth-order valence-corrected chi connectivity index (χ4v) is 1.58. The zero-order valence-corrected chi connectivity index (χ0v) is 7.95. The molecule has 1 saturated carbocycles. The lowest BCUT2D eigenvalue weighted by Crippen LogP contribution is -2.40. The minimum absolute atomic E-state index is 0.0344. The molecule has 76 valence electrons. The molecule has 0 heterocycles. The monoisotopic (exact) mass is 187 g/mol. The molecule has 0 aromatic rings. The molecule has 0 saturated heterocycles. The van der Waals surface area contributed by atoms with Gasteiger partial charge < -0.3 is 15.2 Å². The van der Waals surface area contributed by atoms with Crippen LogP contribution in [0.5, 0.6) is 0 Å². The third kappa shape index (κ3) is 3.32. The first-order valence-electron chi connectivity index (χ1n) is 4.70. The van der Waals surface area contributed by atoms with Crippen molar-refractivity contribution in [3.8, 4) is 0 Å². The molecule has 0 aromatic carbocycles. The highest BCUT2D eigenvalue weighted by Gasteiger charge is 2.26. The lowest BCUT2D eigenvalue weighted by molar-refractivity contribution is -0.123. The molecule has 1 amide bonds.